The number of carbonyl (C=O) groups is 2. The lowest BCUT2D eigenvalue weighted by atomic mass is 10.1. The molecule has 0 saturated carbocycles. The molecule has 30 heavy (non-hydrogen) atoms. The van der Waals surface area contributed by atoms with Gasteiger partial charge in [0.25, 0.3) is 5.91 Å². The zero-order chi connectivity index (χ0) is 21.5. The van der Waals surface area contributed by atoms with Gasteiger partial charge in [0, 0.05) is 43.7 Å². The summed E-state index contributed by atoms with van der Waals surface area (Å²) in [6.07, 6.45) is 0. The lowest BCUT2D eigenvalue weighted by molar-refractivity contribution is -0.119. The van der Waals surface area contributed by atoms with Crippen LogP contribution in [0, 0.1) is 6.92 Å². The zero-order valence-corrected chi connectivity index (χ0v) is 18.9. The Morgan fingerprint density at radius 2 is 1.67 bits per heavy atom. The highest BCUT2D eigenvalue weighted by Crippen LogP contribution is 2.24. The van der Waals surface area contributed by atoms with E-state index in [4.69, 9.17) is 0 Å². The highest BCUT2D eigenvalue weighted by atomic mass is 32.2. The Bertz CT molecular complexity index is 876. The van der Waals surface area contributed by atoms with E-state index in [2.05, 4.69) is 41.4 Å². The molecule has 1 N–H and O–H groups in total. The van der Waals surface area contributed by atoms with E-state index >= 15 is 0 Å². The van der Waals surface area contributed by atoms with E-state index in [-0.39, 0.29) is 17.9 Å². The van der Waals surface area contributed by atoms with Gasteiger partial charge in [0.05, 0.1) is 11.3 Å². The van der Waals surface area contributed by atoms with Crippen molar-refractivity contribution < 1.29 is 9.59 Å². The molecule has 160 valence electrons. The van der Waals surface area contributed by atoms with Crippen molar-refractivity contribution in [1.82, 2.24) is 15.1 Å². The van der Waals surface area contributed by atoms with Crippen LogP contribution in [0.15, 0.2) is 53.4 Å². The van der Waals surface area contributed by atoms with Crippen LogP contribution in [0.1, 0.15) is 35.3 Å². The lowest BCUT2D eigenvalue weighted by Crippen LogP contribution is -2.48. The first-order valence-electron chi connectivity index (χ1n) is 10.5. The molecule has 6 heteroatoms. The summed E-state index contributed by atoms with van der Waals surface area (Å²) in [5, 5.41) is 2.89. The molecule has 1 fully saturated rings. The maximum atomic E-state index is 13.2. The quantitative estimate of drug-likeness (QED) is 0.689. The zero-order valence-electron chi connectivity index (χ0n) is 18.1. The molecule has 2 aromatic rings. The lowest BCUT2D eigenvalue weighted by Gasteiger charge is -2.35. The summed E-state index contributed by atoms with van der Waals surface area (Å²) in [5.74, 6) is 0.354. The van der Waals surface area contributed by atoms with Gasteiger partial charge in [-0.25, -0.2) is 0 Å². The minimum Gasteiger partial charge on any atom is -0.353 e. The summed E-state index contributed by atoms with van der Waals surface area (Å²) in [6.45, 7) is 10.1. The summed E-state index contributed by atoms with van der Waals surface area (Å²) in [4.78, 5) is 30.3. The minimum atomic E-state index is -0.0120. The number of hydrogen-bond acceptors (Lipinski definition) is 4. The van der Waals surface area contributed by atoms with E-state index in [1.54, 1.807) is 0 Å². The predicted octanol–water partition coefficient (Wildman–Crippen LogP) is 3.57. The van der Waals surface area contributed by atoms with Gasteiger partial charge in [0.15, 0.2) is 0 Å². The summed E-state index contributed by atoms with van der Waals surface area (Å²) < 4.78 is 0. The molecular weight excluding hydrogens is 394 g/mol. The second-order valence-corrected chi connectivity index (χ2v) is 9.02. The first kappa shape index (κ1) is 22.4. The number of thioether (sulfide) groups is 1. The molecule has 0 unspecified atom stereocenters. The van der Waals surface area contributed by atoms with Gasteiger partial charge in [-0.2, -0.15) is 0 Å². The van der Waals surface area contributed by atoms with Crippen LogP contribution >= 0.6 is 11.8 Å². The van der Waals surface area contributed by atoms with E-state index in [1.807, 2.05) is 43.0 Å². The number of carbonyl (C=O) groups excluding carboxylic acids is 2. The number of hydrogen-bond donors (Lipinski definition) is 1. The SMILES string of the molecule is Cc1ccccc1CN1CCN(C(=O)c2ccccc2SCC(=O)NC(C)C)CC1. The second kappa shape index (κ2) is 10.6. The Morgan fingerprint density at radius 1 is 1.00 bits per heavy atom. The normalized spacial score (nSPS) is 14.7. The maximum absolute atomic E-state index is 13.2. The average molecular weight is 426 g/mol. The van der Waals surface area contributed by atoms with E-state index < -0.39 is 0 Å². The number of amides is 2. The molecule has 1 saturated heterocycles. The largest absolute Gasteiger partial charge is 0.353 e. The first-order chi connectivity index (χ1) is 14.4. The van der Waals surface area contributed by atoms with Crippen LogP contribution in [0.5, 0.6) is 0 Å². The highest BCUT2D eigenvalue weighted by Gasteiger charge is 2.24. The maximum Gasteiger partial charge on any atom is 0.255 e. The highest BCUT2D eigenvalue weighted by molar-refractivity contribution is 8.00. The Balaban J connectivity index is 1.57. The minimum absolute atomic E-state index is 0.0120. The monoisotopic (exact) mass is 425 g/mol. The molecule has 5 nitrogen and oxygen atoms in total. The van der Waals surface area contributed by atoms with Crippen LogP contribution in [0.3, 0.4) is 0 Å². The van der Waals surface area contributed by atoms with Gasteiger partial charge in [0.2, 0.25) is 5.91 Å². The van der Waals surface area contributed by atoms with Crippen molar-refractivity contribution in [2.24, 2.45) is 0 Å². The third kappa shape index (κ3) is 6.09. The second-order valence-electron chi connectivity index (χ2n) is 8.00. The van der Waals surface area contributed by atoms with Gasteiger partial charge in [-0.15, -0.1) is 11.8 Å². The number of aryl methyl sites for hydroxylation is 1. The summed E-state index contributed by atoms with van der Waals surface area (Å²) in [6, 6.07) is 16.2. The molecule has 3 rings (SSSR count). The fourth-order valence-corrected chi connectivity index (χ4v) is 4.44. The number of benzene rings is 2. The van der Waals surface area contributed by atoms with Crippen molar-refractivity contribution in [1.29, 1.82) is 0 Å². The first-order valence-corrected chi connectivity index (χ1v) is 11.5. The van der Waals surface area contributed by atoms with Gasteiger partial charge in [0.1, 0.15) is 0 Å². The Hall–Kier alpha value is -2.31. The predicted molar refractivity (Wildman–Crippen MR) is 123 cm³/mol. The molecule has 2 aromatic carbocycles. The van der Waals surface area contributed by atoms with Crippen molar-refractivity contribution in [3.8, 4) is 0 Å². The van der Waals surface area contributed by atoms with Gasteiger partial charge >= 0.3 is 0 Å². The third-order valence-corrected chi connectivity index (χ3v) is 6.31. The Morgan fingerprint density at radius 3 is 2.37 bits per heavy atom. The van der Waals surface area contributed by atoms with Gasteiger partial charge in [-0.1, -0.05) is 36.4 Å². The molecule has 1 aliphatic heterocycles. The summed E-state index contributed by atoms with van der Waals surface area (Å²) in [7, 11) is 0. The molecule has 2 amide bonds. The molecule has 0 aliphatic carbocycles. The average Bonchev–Trinajstić information content (AvgIpc) is 2.74. The fraction of sp³-hybridized carbons (Fsp3) is 0.417. The van der Waals surface area contributed by atoms with E-state index in [1.165, 1.54) is 22.9 Å². The van der Waals surface area contributed by atoms with Crippen molar-refractivity contribution >= 4 is 23.6 Å². The van der Waals surface area contributed by atoms with Crippen LogP contribution < -0.4 is 5.32 Å². The third-order valence-electron chi connectivity index (χ3n) is 5.24. The molecule has 0 radical (unpaired) electrons. The van der Waals surface area contributed by atoms with Crippen LogP contribution in [-0.4, -0.2) is 59.6 Å². The van der Waals surface area contributed by atoms with E-state index in [0.717, 1.165) is 37.6 Å². The standard InChI is InChI=1S/C24H31N3O2S/c1-18(2)25-23(28)17-30-22-11-7-6-10-21(22)24(29)27-14-12-26(13-15-27)16-20-9-5-4-8-19(20)3/h4-11,18H,12-17H2,1-3H3,(H,25,28). The van der Waals surface area contributed by atoms with Gasteiger partial charge in [-0.05, 0) is 44.0 Å². The molecule has 0 spiro atoms. The Labute approximate surface area is 183 Å². The van der Waals surface area contributed by atoms with E-state index in [9.17, 15) is 9.59 Å². The van der Waals surface area contributed by atoms with Crippen LogP contribution in [0.25, 0.3) is 0 Å². The Kier molecular flexibility index (Phi) is 7.94. The molecule has 1 heterocycles. The summed E-state index contributed by atoms with van der Waals surface area (Å²) in [5.41, 5.74) is 3.34. The number of piperazine rings is 1. The van der Waals surface area contributed by atoms with Crippen LogP contribution in [0.4, 0.5) is 0 Å². The van der Waals surface area contributed by atoms with Gasteiger partial charge in [-0.3, -0.25) is 14.5 Å². The molecule has 0 aromatic heterocycles. The number of rotatable bonds is 7. The number of nitrogens with one attached hydrogen (secondary N) is 1. The molecule has 0 atom stereocenters. The molecule has 1 aliphatic rings. The molecular formula is C24H31N3O2S. The van der Waals surface area contributed by atoms with Crippen LogP contribution in [-0.2, 0) is 11.3 Å². The number of nitrogens with zero attached hydrogens (tertiary/aromatic N) is 2. The van der Waals surface area contributed by atoms with E-state index in [0.29, 0.717) is 11.3 Å². The van der Waals surface area contributed by atoms with Gasteiger partial charge < -0.3 is 10.2 Å². The summed E-state index contributed by atoms with van der Waals surface area (Å²) >= 11 is 1.42. The van der Waals surface area contributed by atoms with Crippen molar-refractivity contribution in [3.05, 3.63) is 65.2 Å². The van der Waals surface area contributed by atoms with Crippen LogP contribution in [0.2, 0.25) is 0 Å². The smallest absolute Gasteiger partial charge is 0.255 e. The van der Waals surface area contributed by atoms with Crippen molar-refractivity contribution in [2.45, 2.75) is 38.3 Å². The molecule has 0 bridgehead atoms. The fourth-order valence-electron chi connectivity index (χ4n) is 3.58. The van der Waals surface area contributed by atoms with Crippen molar-refractivity contribution in [3.63, 3.8) is 0 Å². The van der Waals surface area contributed by atoms with Crippen molar-refractivity contribution in [2.75, 3.05) is 31.9 Å². The topological polar surface area (TPSA) is 52.7 Å².